The Kier molecular flexibility index (Phi) is 30.6. The number of aliphatic hydroxyl groups excluding tert-OH is 5. The van der Waals surface area contributed by atoms with E-state index in [4.69, 9.17) is 9.47 Å². The molecular formula is C41H79NO8. The van der Waals surface area contributed by atoms with Gasteiger partial charge in [-0.15, -0.1) is 0 Å². The summed E-state index contributed by atoms with van der Waals surface area (Å²) in [5.41, 5.74) is 0. The van der Waals surface area contributed by atoms with Crippen LogP contribution in [0.2, 0.25) is 0 Å². The van der Waals surface area contributed by atoms with Crippen molar-refractivity contribution < 1.29 is 39.8 Å². The maximum atomic E-state index is 12.9. The van der Waals surface area contributed by atoms with E-state index >= 15 is 0 Å². The first-order chi connectivity index (χ1) is 24.3. The largest absolute Gasteiger partial charge is 0.394 e. The van der Waals surface area contributed by atoms with Crippen LogP contribution in [0.3, 0.4) is 0 Å². The maximum absolute atomic E-state index is 12.9. The molecule has 9 heteroatoms. The van der Waals surface area contributed by atoms with Crippen molar-refractivity contribution >= 4 is 5.91 Å². The molecule has 296 valence electrons. The third-order valence-corrected chi connectivity index (χ3v) is 10.1. The second kappa shape index (κ2) is 32.6. The van der Waals surface area contributed by atoms with Crippen LogP contribution >= 0.6 is 0 Å². The summed E-state index contributed by atoms with van der Waals surface area (Å²) in [5.74, 6) is -0.177. The molecule has 1 aliphatic rings. The number of hydrogen-bond donors (Lipinski definition) is 6. The van der Waals surface area contributed by atoms with Crippen LogP contribution < -0.4 is 5.32 Å². The van der Waals surface area contributed by atoms with Gasteiger partial charge in [0.1, 0.15) is 24.4 Å². The number of amides is 1. The average Bonchev–Trinajstić information content (AvgIpc) is 3.11. The van der Waals surface area contributed by atoms with Gasteiger partial charge in [-0.05, 0) is 19.3 Å². The Balaban J connectivity index is 2.40. The lowest BCUT2D eigenvalue weighted by Gasteiger charge is -2.40. The maximum Gasteiger partial charge on any atom is 0.220 e. The van der Waals surface area contributed by atoms with E-state index in [1.165, 1.54) is 128 Å². The molecule has 7 atom stereocenters. The smallest absolute Gasteiger partial charge is 0.220 e. The molecule has 0 spiro atoms. The van der Waals surface area contributed by atoms with Crippen LogP contribution in [0.4, 0.5) is 0 Å². The van der Waals surface area contributed by atoms with Crippen molar-refractivity contribution in [2.75, 3.05) is 13.2 Å². The van der Waals surface area contributed by atoms with Crippen LogP contribution in [-0.4, -0.2) is 87.5 Å². The zero-order valence-electron chi connectivity index (χ0n) is 32.2. The van der Waals surface area contributed by atoms with Crippen LogP contribution in [0.1, 0.15) is 187 Å². The SMILES string of the molecule is CCCCCCCCCCCC/C=C/[C@@H](O)[C@H](CO[C@@H]1O[C@H](CO)[C@@H](O)[C@H](O)[C@H]1O)NC(=O)CCCCCCCCCCCCCCCCC. The van der Waals surface area contributed by atoms with Crippen molar-refractivity contribution in [3.8, 4) is 0 Å². The van der Waals surface area contributed by atoms with Crippen molar-refractivity contribution in [1.29, 1.82) is 0 Å². The molecule has 0 aromatic heterocycles. The van der Waals surface area contributed by atoms with Gasteiger partial charge in [-0.2, -0.15) is 0 Å². The van der Waals surface area contributed by atoms with Crippen LogP contribution in [0.5, 0.6) is 0 Å². The lowest BCUT2D eigenvalue weighted by molar-refractivity contribution is -0.302. The number of allylic oxidation sites excluding steroid dienone is 1. The van der Waals surface area contributed by atoms with Gasteiger partial charge >= 0.3 is 0 Å². The minimum absolute atomic E-state index is 0.177. The van der Waals surface area contributed by atoms with E-state index in [2.05, 4.69) is 19.2 Å². The molecule has 0 aromatic carbocycles. The number of hydrogen-bond acceptors (Lipinski definition) is 8. The second-order valence-electron chi connectivity index (χ2n) is 14.8. The molecule has 0 aliphatic carbocycles. The Bertz CT molecular complexity index is 797. The summed E-state index contributed by atoms with van der Waals surface area (Å²) in [4.78, 5) is 12.9. The molecule has 1 saturated heterocycles. The van der Waals surface area contributed by atoms with Crippen LogP contribution in [-0.2, 0) is 14.3 Å². The molecule has 0 saturated carbocycles. The molecule has 50 heavy (non-hydrogen) atoms. The first kappa shape index (κ1) is 47.0. The molecule has 0 unspecified atom stereocenters. The number of carbonyl (C=O) groups is 1. The van der Waals surface area contributed by atoms with Gasteiger partial charge in [0, 0.05) is 6.42 Å². The fourth-order valence-electron chi connectivity index (χ4n) is 6.68. The van der Waals surface area contributed by atoms with Gasteiger partial charge in [0.05, 0.1) is 25.4 Å². The summed E-state index contributed by atoms with van der Waals surface area (Å²) < 4.78 is 11.2. The van der Waals surface area contributed by atoms with E-state index in [0.29, 0.717) is 6.42 Å². The Hall–Kier alpha value is -1.07. The summed E-state index contributed by atoms with van der Waals surface area (Å²) in [5, 5.41) is 54.0. The number of ether oxygens (including phenoxy) is 2. The monoisotopic (exact) mass is 714 g/mol. The molecule has 0 radical (unpaired) electrons. The second-order valence-corrected chi connectivity index (χ2v) is 14.8. The normalized spacial score (nSPS) is 22.3. The third-order valence-electron chi connectivity index (χ3n) is 10.1. The van der Waals surface area contributed by atoms with Crippen LogP contribution in [0, 0.1) is 0 Å². The van der Waals surface area contributed by atoms with Crippen molar-refractivity contribution in [2.24, 2.45) is 0 Å². The van der Waals surface area contributed by atoms with Gasteiger partial charge in [0.2, 0.25) is 5.91 Å². The van der Waals surface area contributed by atoms with Crippen molar-refractivity contribution in [3.05, 3.63) is 12.2 Å². The van der Waals surface area contributed by atoms with Crippen molar-refractivity contribution in [1.82, 2.24) is 5.32 Å². The molecule has 9 nitrogen and oxygen atoms in total. The zero-order chi connectivity index (χ0) is 36.7. The standard InChI is InChI=1S/C41H79NO8/c1-3-5-7-9-11-13-15-17-18-19-21-23-25-27-29-31-37(45)42-34(33-49-41-40(48)39(47)38(46)36(32-43)50-41)35(44)30-28-26-24-22-20-16-14-12-10-8-6-4-2/h28,30,34-36,38-41,43-44,46-48H,3-27,29,31-33H2,1-2H3,(H,42,45)/b30-28+/t34-,35+,36+,38+,39-,40+,41+/m0/s1. The molecule has 1 heterocycles. The number of aliphatic hydroxyl groups is 5. The van der Waals surface area contributed by atoms with Crippen LogP contribution in [0.25, 0.3) is 0 Å². The molecule has 0 bridgehead atoms. The number of unbranched alkanes of at least 4 members (excludes halogenated alkanes) is 24. The van der Waals surface area contributed by atoms with Crippen molar-refractivity contribution in [3.63, 3.8) is 0 Å². The van der Waals surface area contributed by atoms with Gasteiger partial charge in [-0.3, -0.25) is 4.79 Å². The summed E-state index contributed by atoms with van der Waals surface area (Å²) in [6.45, 7) is 3.76. The van der Waals surface area contributed by atoms with Crippen molar-refractivity contribution in [2.45, 2.75) is 230 Å². The van der Waals surface area contributed by atoms with E-state index in [1.54, 1.807) is 6.08 Å². The van der Waals surface area contributed by atoms with E-state index in [-0.39, 0.29) is 12.5 Å². The lowest BCUT2D eigenvalue weighted by Crippen LogP contribution is -2.60. The van der Waals surface area contributed by atoms with E-state index in [0.717, 1.165) is 38.5 Å². The molecule has 1 amide bonds. The molecular weight excluding hydrogens is 634 g/mol. The number of nitrogens with one attached hydrogen (secondary N) is 1. The minimum Gasteiger partial charge on any atom is -0.394 e. The van der Waals surface area contributed by atoms with Gasteiger partial charge in [-0.1, -0.05) is 174 Å². The van der Waals surface area contributed by atoms with E-state index in [9.17, 15) is 30.3 Å². The molecule has 1 fully saturated rings. The lowest BCUT2D eigenvalue weighted by atomic mass is 9.99. The molecule has 1 rings (SSSR count). The van der Waals surface area contributed by atoms with Gasteiger partial charge in [-0.25, -0.2) is 0 Å². The number of carbonyl (C=O) groups excluding carboxylic acids is 1. The highest BCUT2D eigenvalue weighted by molar-refractivity contribution is 5.76. The topological polar surface area (TPSA) is 149 Å². The van der Waals surface area contributed by atoms with E-state index < -0.39 is 49.5 Å². The summed E-state index contributed by atoms with van der Waals surface area (Å²) in [6.07, 6.45) is 28.2. The first-order valence-electron chi connectivity index (χ1n) is 20.9. The Morgan fingerprint density at radius 2 is 1.10 bits per heavy atom. The molecule has 1 aliphatic heterocycles. The van der Waals surface area contributed by atoms with Gasteiger partial charge in [0.15, 0.2) is 6.29 Å². The fourth-order valence-corrected chi connectivity index (χ4v) is 6.68. The van der Waals surface area contributed by atoms with Crippen LogP contribution in [0.15, 0.2) is 12.2 Å². The Morgan fingerprint density at radius 1 is 0.660 bits per heavy atom. The molecule has 0 aromatic rings. The highest BCUT2D eigenvalue weighted by Crippen LogP contribution is 2.22. The third kappa shape index (κ3) is 23.5. The summed E-state index contributed by atoms with van der Waals surface area (Å²) >= 11 is 0. The predicted octanol–water partition coefficient (Wildman–Crippen LogP) is 7.78. The van der Waals surface area contributed by atoms with Gasteiger partial charge < -0.3 is 40.3 Å². The average molecular weight is 714 g/mol. The molecule has 6 N–H and O–H groups in total. The Morgan fingerprint density at radius 3 is 1.56 bits per heavy atom. The highest BCUT2D eigenvalue weighted by atomic mass is 16.7. The minimum atomic E-state index is -1.56. The summed E-state index contributed by atoms with van der Waals surface area (Å²) in [7, 11) is 0. The van der Waals surface area contributed by atoms with Gasteiger partial charge in [0.25, 0.3) is 0 Å². The Labute approximate surface area is 306 Å². The highest BCUT2D eigenvalue weighted by Gasteiger charge is 2.44. The fraction of sp³-hybridized carbons (Fsp3) is 0.927. The summed E-state index contributed by atoms with van der Waals surface area (Å²) in [6, 6.07) is -0.796. The quantitative estimate of drug-likeness (QED) is 0.0293. The zero-order valence-corrected chi connectivity index (χ0v) is 32.2. The predicted molar refractivity (Wildman–Crippen MR) is 203 cm³/mol. The first-order valence-corrected chi connectivity index (χ1v) is 20.9. The number of rotatable bonds is 34. The van der Waals surface area contributed by atoms with E-state index in [1.807, 2.05) is 6.08 Å².